The Labute approximate surface area is 143 Å². The van der Waals surface area contributed by atoms with Gasteiger partial charge in [-0.05, 0) is 25.7 Å². The summed E-state index contributed by atoms with van der Waals surface area (Å²) in [5.74, 6) is 0.647. The number of alkyl halides is 3. The van der Waals surface area contributed by atoms with Crippen molar-refractivity contribution in [1.82, 2.24) is 0 Å². The fourth-order valence-electron chi connectivity index (χ4n) is 1.57. The Kier molecular flexibility index (Phi) is 6.17. The quantitative estimate of drug-likeness (QED) is 0.332. The molecule has 0 amide bonds. The molecule has 0 aliphatic carbocycles. The highest BCUT2D eigenvalue weighted by atomic mass is 32.2. The van der Waals surface area contributed by atoms with Gasteiger partial charge in [-0.15, -0.1) is 0 Å². The number of para-hydroxylation sites is 1. The van der Waals surface area contributed by atoms with Crippen LogP contribution in [0.25, 0.3) is 11.0 Å². The molecule has 0 saturated carbocycles. The number of hydrogen-bond acceptors (Lipinski definition) is 5. The number of nitrogens with zero attached hydrogens (tertiary/aromatic N) is 1. The number of hydrogen-bond donors (Lipinski definition) is 0. The lowest BCUT2D eigenvalue weighted by molar-refractivity contribution is -0.0517. The van der Waals surface area contributed by atoms with E-state index in [1.807, 2.05) is 24.3 Å². The highest BCUT2D eigenvalue weighted by Crippen LogP contribution is 2.31. The van der Waals surface area contributed by atoms with Crippen molar-refractivity contribution in [3.05, 3.63) is 36.1 Å². The summed E-state index contributed by atoms with van der Waals surface area (Å²) in [7, 11) is -7.85. The van der Waals surface area contributed by atoms with E-state index in [0.29, 0.717) is 11.3 Å². The molecule has 0 atom stereocenters. The lowest BCUT2D eigenvalue weighted by atomic mass is 10.2. The summed E-state index contributed by atoms with van der Waals surface area (Å²) in [6.45, 7) is 6.27. The molecule has 0 spiro atoms. The van der Waals surface area contributed by atoms with E-state index < -0.39 is 23.9 Å². The van der Waals surface area contributed by atoms with Gasteiger partial charge in [0.05, 0.1) is 0 Å². The van der Waals surface area contributed by atoms with Crippen LogP contribution in [0, 0.1) is 11.3 Å². The predicted molar refractivity (Wildman–Crippen MR) is 85.1 cm³/mol. The van der Waals surface area contributed by atoms with Crippen molar-refractivity contribution < 1.29 is 35.0 Å². The van der Waals surface area contributed by atoms with Crippen molar-refractivity contribution in [3.63, 3.8) is 0 Å². The molecule has 0 radical (unpaired) electrons. The second-order valence-electron chi connectivity index (χ2n) is 5.70. The molecule has 2 aromatic rings. The summed E-state index contributed by atoms with van der Waals surface area (Å²) in [6.07, 6.45) is 1.46. The molecule has 1 heterocycles. The lowest BCUT2D eigenvalue weighted by Crippen LogP contribution is -2.29. The molecule has 6 nitrogen and oxygen atoms in total. The number of halogens is 3. The molecule has 2 rings (SSSR count). The maximum atomic E-state index is 10.7. The van der Waals surface area contributed by atoms with Crippen LogP contribution in [0.15, 0.2) is 34.9 Å². The van der Waals surface area contributed by atoms with Gasteiger partial charge in [0.2, 0.25) is 8.32 Å². The third-order valence-corrected chi connectivity index (χ3v) is 3.88. The van der Waals surface area contributed by atoms with Crippen LogP contribution in [-0.4, -0.2) is 26.8 Å². The molecule has 0 aliphatic rings. The second-order valence-corrected chi connectivity index (χ2v) is 11.5. The fraction of sp³-hybridized carbons (Fsp3) is 0.286. The number of benzene rings is 1. The zero-order chi connectivity index (χ0) is 19.5. The Morgan fingerprint density at radius 2 is 1.76 bits per heavy atom. The van der Waals surface area contributed by atoms with Crippen LogP contribution < -0.4 is 4.43 Å². The van der Waals surface area contributed by atoms with Crippen LogP contribution in [0.3, 0.4) is 0 Å². The monoisotopic (exact) mass is 393 g/mol. The Morgan fingerprint density at radius 3 is 2.20 bits per heavy atom. The Balaban J connectivity index is 0.000000333. The molecule has 0 unspecified atom stereocenters. The van der Waals surface area contributed by atoms with Gasteiger partial charge in [-0.25, -0.2) is 12.8 Å². The van der Waals surface area contributed by atoms with Gasteiger partial charge in [0.1, 0.15) is 17.2 Å². The standard InChI is InChI=1S/C13H14NO2Si.CHF3O3S/c1-17(2,3)16-13-10(8-14)9-15-12-7-5-4-6-11(12)13;2-1(3,4)8(5,6)7/h4-7,9H,1-3H3;(H,5,6,7)/q+1;/p-1. The molecule has 1 aromatic carbocycles. The molecule has 11 heteroatoms. The van der Waals surface area contributed by atoms with E-state index in [2.05, 4.69) is 25.7 Å². The first kappa shape index (κ1) is 20.9. The van der Waals surface area contributed by atoms with E-state index in [-0.39, 0.29) is 0 Å². The van der Waals surface area contributed by atoms with Gasteiger partial charge in [0, 0.05) is 6.07 Å². The summed E-state index contributed by atoms with van der Waals surface area (Å²) in [4.78, 5) is 0. The molecular weight excluding hydrogens is 379 g/mol. The normalized spacial score (nSPS) is 12.1. The third-order valence-electron chi connectivity index (χ3n) is 2.49. The van der Waals surface area contributed by atoms with Gasteiger partial charge in [-0.1, -0.05) is 12.1 Å². The third kappa shape index (κ3) is 6.00. The predicted octanol–water partition coefficient (Wildman–Crippen LogP) is 3.85. The zero-order valence-electron chi connectivity index (χ0n) is 13.4. The average molecular weight is 393 g/mol. The maximum absolute atomic E-state index is 10.7. The van der Waals surface area contributed by atoms with Crippen molar-refractivity contribution in [3.8, 4) is 11.8 Å². The molecule has 25 heavy (non-hydrogen) atoms. The van der Waals surface area contributed by atoms with Crippen LogP contribution in [0.2, 0.25) is 19.6 Å². The molecule has 0 saturated heterocycles. The van der Waals surface area contributed by atoms with E-state index in [1.165, 1.54) is 6.26 Å². The van der Waals surface area contributed by atoms with Crippen molar-refractivity contribution >= 4 is 29.4 Å². The summed E-state index contributed by atoms with van der Waals surface area (Å²) in [6, 6.07) is 9.71. The molecule has 0 fully saturated rings. The van der Waals surface area contributed by atoms with Gasteiger partial charge in [-0.3, -0.25) is 0 Å². The van der Waals surface area contributed by atoms with Crippen LogP contribution >= 0.6 is 0 Å². The summed E-state index contributed by atoms with van der Waals surface area (Å²) >= 11 is 0. The summed E-state index contributed by atoms with van der Waals surface area (Å²) in [5, 5.41) is 9.96. The largest absolute Gasteiger partial charge is 0.741 e. The van der Waals surface area contributed by atoms with Crippen LogP contribution in [0.5, 0.6) is 5.75 Å². The number of rotatable bonds is 2. The van der Waals surface area contributed by atoms with Crippen molar-refractivity contribution in [2.24, 2.45) is 0 Å². The van der Waals surface area contributed by atoms with E-state index in [0.717, 1.165) is 11.0 Å². The number of nitriles is 1. The van der Waals surface area contributed by atoms with Gasteiger partial charge >= 0.3 is 17.4 Å². The molecular formula is C14H14F3NO5SSi. The first-order chi connectivity index (χ1) is 11.3. The molecule has 136 valence electrons. The van der Waals surface area contributed by atoms with Crippen molar-refractivity contribution in [2.75, 3.05) is 0 Å². The minimum atomic E-state index is -6.09. The van der Waals surface area contributed by atoms with Gasteiger partial charge in [0.15, 0.2) is 15.7 Å². The van der Waals surface area contributed by atoms with Crippen LogP contribution in [-0.2, 0) is 10.1 Å². The Hall–Kier alpha value is -2.16. The van der Waals surface area contributed by atoms with Crippen molar-refractivity contribution in [1.29, 1.82) is 5.26 Å². The zero-order valence-corrected chi connectivity index (χ0v) is 15.2. The maximum Gasteiger partial charge on any atom is 0.485 e. The minimum absolute atomic E-state index is 0.450. The first-order valence-electron chi connectivity index (χ1n) is 6.71. The van der Waals surface area contributed by atoms with Crippen LogP contribution in [0.1, 0.15) is 5.56 Å². The Morgan fingerprint density at radius 1 is 1.24 bits per heavy atom. The van der Waals surface area contributed by atoms with E-state index in [1.54, 1.807) is 0 Å². The topological polar surface area (TPSA) is 102 Å². The lowest BCUT2D eigenvalue weighted by Gasteiger charge is -2.19. The average Bonchev–Trinajstić information content (AvgIpc) is 2.45. The van der Waals surface area contributed by atoms with E-state index in [9.17, 15) is 13.2 Å². The van der Waals surface area contributed by atoms with Crippen LogP contribution in [0.4, 0.5) is 13.2 Å². The van der Waals surface area contributed by atoms with E-state index in [4.69, 9.17) is 27.1 Å². The van der Waals surface area contributed by atoms with Gasteiger partial charge in [0.25, 0.3) is 0 Å². The second kappa shape index (κ2) is 7.38. The minimum Gasteiger partial charge on any atom is -0.741 e. The first-order valence-corrected chi connectivity index (χ1v) is 11.5. The summed E-state index contributed by atoms with van der Waals surface area (Å²) < 4.78 is 70.3. The fourth-order valence-corrected chi connectivity index (χ4v) is 2.40. The molecule has 0 bridgehead atoms. The molecule has 0 N–H and O–H groups in total. The smallest absolute Gasteiger partial charge is 0.485 e. The van der Waals surface area contributed by atoms with Gasteiger partial charge in [-0.2, -0.15) is 18.4 Å². The van der Waals surface area contributed by atoms with Gasteiger partial charge < -0.3 is 8.98 Å². The summed E-state index contributed by atoms with van der Waals surface area (Å²) in [5.41, 5.74) is -4.46. The highest BCUT2D eigenvalue weighted by molar-refractivity contribution is 7.86. The highest BCUT2D eigenvalue weighted by Gasteiger charge is 2.36. The Bertz CT molecular complexity index is 901. The number of fused-ring (bicyclic) bond motifs is 1. The van der Waals surface area contributed by atoms with E-state index >= 15 is 0 Å². The van der Waals surface area contributed by atoms with Crippen molar-refractivity contribution in [2.45, 2.75) is 25.1 Å². The SMILES string of the molecule is C[Si](C)(C)Oc1c(C#N)c[o+]c2ccccc12.O=S(=O)([O-])C(F)(F)F. The molecule has 1 aromatic heterocycles. The molecule has 0 aliphatic heterocycles.